The second-order valence-corrected chi connectivity index (χ2v) is 5.49. The Morgan fingerprint density at radius 2 is 1.95 bits per heavy atom. The number of ether oxygens (including phenoxy) is 1. The highest BCUT2D eigenvalue weighted by molar-refractivity contribution is 5.91. The van der Waals surface area contributed by atoms with E-state index in [1.54, 1.807) is 6.92 Å². The Morgan fingerprint density at radius 1 is 1.32 bits per heavy atom. The Labute approximate surface area is 112 Å². The van der Waals surface area contributed by atoms with Crippen LogP contribution in [0.3, 0.4) is 0 Å². The second kappa shape index (κ2) is 5.59. The van der Waals surface area contributed by atoms with Crippen LogP contribution in [-0.4, -0.2) is 12.1 Å². The summed E-state index contributed by atoms with van der Waals surface area (Å²) >= 11 is 0. The SMILES string of the molecule is Cc1cc(N)cc(C(=O)OC2CCC(C)CC2)c1F. The monoisotopic (exact) mass is 265 g/mol. The van der Waals surface area contributed by atoms with E-state index in [2.05, 4.69) is 6.92 Å². The van der Waals surface area contributed by atoms with Gasteiger partial charge in [-0.3, -0.25) is 0 Å². The van der Waals surface area contributed by atoms with E-state index in [0.29, 0.717) is 17.2 Å². The average Bonchev–Trinajstić information content (AvgIpc) is 2.36. The van der Waals surface area contributed by atoms with Crippen molar-refractivity contribution < 1.29 is 13.9 Å². The molecule has 2 N–H and O–H groups in total. The van der Waals surface area contributed by atoms with Gasteiger partial charge in [0, 0.05) is 5.69 Å². The molecule has 0 atom stereocenters. The molecule has 0 bridgehead atoms. The molecule has 0 saturated heterocycles. The van der Waals surface area contributed by atoms with Crippen LogP contribution in [0.15, 0.2) is 12.1 Å². The van der Waals surface area contributed by atoms with Crippen molar-refractivity contribution >= 4 is 11.7 Å². The Hall–Kier alpha value is -1.58. The van der Waals surface area contributed by atoms with E-state index < -0.39 is 11.8 Å². The summed E-state index contributed by atoms with van der Waals surface area (Å²) in [6.45, 7) is 3.78. The van der Waals surface area contributed by atoms with Gasteiger partial charge in [0.25, 0.3) is 0 Å². The highest BCUT2D eigenvalue weighted by Gasteiger charge is 2.24. The van der Waals surface area contributed by atoms with Crippen molar-refractivity contribution in [2.45, 2.75) is 45.6 Å². The summed E-state index contributed by atoms with van der Waals surface area (Å²) in [6, 6.07) is 2.85. The smallest absolute Gasteiger partial charge is 0.341 e. The number of halogens is 1. The minimum atomic E-state index is -0.604. The number of esters is 1. The van der Waals surface area contributed by atoms with Crippen molar-refractivity contribution in [2.75, 3.05) is 5.73 Å². The number of hydrogen-bond donors (Lipinski definition) is 1. The molecule has 3 nitrogen and oxygen atoms in total. The number of carbonyl (C=O) groups is 1. The number of anilines is 1. The van der Waals surface area contributed by atoms with Gasteiger partial charge in [0.15, 0.2) is 0 Å². The topological polar surface area (TPSA) is 52.3 Å². The maximum absolute atomic E-state index is 13.9. The fraction of sp³-hybridized carbons (Fsp3) is 0.533. The highest BCUT2D eigenvalue weighted by atomic mass is 19.1. The number of nitrogen functional groups attached to an aromatic ring is 1. The van der Waals surface area contributed by atoms with E-state index in [1.165, 1.54) is 12.1 Å². The van der Waals surface area contributed by atoms with Crippen LogP contribution in [-0.2, 0) is 4.74 Å². The molecule has 0 spiro atoms. The van der Waals surface area contributed by atoms with Gasteiger partial charge >= 0.3 is 5.97 Å². The predicted molar refractivity (Wildman–Crippen MR) is 72.4 cm³/mol. The van der Waals surface area contributed by atoms with E-state index in [0.717, 1.165) is 25.7 Å². The third kappa shape index (κ3) is 3.25. The van der Waals surface area contributed by atoms with Crippen molar-refractivity contribution in [1.82, 2.24) is 0 Å². The number of nitrogens with two attached hydrogens (primary N) is 1. The summed E-state index contributed by atoms with van der Waals surface area (Å²) in [7, 11) is 0. The van der Waals surface area contributed by atoms with Gasteiger partial charge in [-0.05, 0) is 56.2 Å². The third-order valence-electron chi connectivity index (χ3n) is 3.73. The number of aryl methyl sites for hydroxylation is 1. The van der Waals surface area contributed by atoms with Gasteiger partial charge in [0.2, 0.25) is 0 Å². The molecular formula is C15H20FNO2. The van der Waals surface area contributed by atoms with E-state index in [9.17, 15) is 9.18 Å². The fourth-order valence-corrected chi connectivity index (χ4v) is 2.51. The van der Waals surface area contributed by atoms with Crippen molar-refractivity contribution in [3.8, 4) is 0 Å². The lowest BCUT2D eigenvalue weighted by atomic mass is 9.89. The van der Waals surface area contributed by atoms with Gasteiger partial charge in [-0.25, -0.2) is 9.18 Å². The first kappa shape index (κ1) is 13.8. The van der Waals surface area contributed by atoms with Crippen LogP contribution in [0.1, 0.15) is 48.5 Å². The van der Waals surface area contributed by atoms with Gasteiger partial charge in [0.1, 0.15) is 11.9 Å². The second-order valence-electron chi connectivity index (χ2n) is 5.49. The number of rotatable bonds is 2. The first-order valence-electron chi connectivity index (χ1n) is 6.74. The summed E-state index contributed by atoms with van der Waals surface area (Å²) in [5, 5.41) is 0. The zero-order valence-electron chi connectivity index (χ0n) is 11.4. The van der Waals surface area contributed by atoms with Crippen molar-refractivity contribution in [2.24, 2.45) is 5.92 Å². The first-order valence-corrected chi connectivity index (χ1v) is 6.74. The zero-order chi connectivity index (χ0) is 14.0. The molecule has 1 saturated carbocycles. The molecule has 1 fully saturated rings. The highest BCUT2D eigenvalue weighted by Crippen LogP contribution is 2.27. The van der Waals surface area contributed by atoms with E-state index in [4.69, 9.17) is 10.5 Å². The molecule has 0 unspecified atom stereocenters. The lowest BCUT2D eigenvalue weighted by Crippen LogP contribution is -2.24. The number of carbonyl (C=O) groups excluding carboxylic acids is 1. The molecule has 1 aliphatic carbocycles. The molecule has 1 aromatic rings. The van der Waals surface area contributed by atoms with Gasteiger partial charge in [0.05, 0.1) is 5.56 Å². The third-order valence-corrected chi connectivity index (χ3v) is 3.73. The molecule has 4 heteroatoms. The molecular weight excluding hydrogens is 245 g/mol. The molecule has 1 aromatic carbocycles. The van der Waals surface area contributed by atoms with Gasteiger partial charge in [-0.15, -0.1) is 0 Å². The average molecular weight is 265 g/mol. The summed E-state index contributed by atoms with van der Waals surface area (Å²) < 4.78 is 19.3. The van der Waals surface area contributed by atoms with Crippen LogP contribution in [0, 0.1) is 18.7 Å². The molecule has 0 amide bonds. The molecule has 0 aliphatic heterocycles. The summed E-state index contributed by atoms with van der Waals surface area (Å²) in [5.74, 6) is -0.461. The van der Waals surface area contributed by atoms with E-state index >= 15 is 0 Å². The Kier molecular flexibility index (Phi) is 4.08. The molecule has 1 aliphatic rings. The van der Waals surface area contributed by atoms with E-state index in [1.807, 2.05) is 0 Å². The standard InChI is InChI=1S/C15H20FNO2/c1-9-3-5-12(6-4-9)19-15(18)13-8-11(17)7-10(2)14(13)16/h7-9,12H,3-6,17H2,1-2H3. The molecule has 0 aromatic heterocycles. The summed E-state index contributed by atoms with van der Waals surface area (Å²) in [4.78, 5) is 12.0. The summed E-state index contributed by atoms with van der Waals surface area (Å²) in [5.41, 5.74) is 6.33. The van der Waals surface area contributed by atoms with Crippen molar-refractivity contribution in [3.05, 3.63) is 29.1 Å². The maximum atomic E-state index is 13.9. The molecule has 0 heterocycles. The normalized spacial score (nSPS) is 23.1. The minimum absolute atomic E-state index is 0.0591. The van der Waals surface area contributed by atoms with E-state index in [-0.39, 0.29) is 11.7 Å². The lowest BCUT2D eigenvalue weighted by Gasteiger charge is -2.26. The Morgan fingerprint density at radius 3 is 2.58 bits per heavy atom. The maximum Gasteiger partial charge on any atom is 0.341 e. The first-order chi connectivity index (χ1) is 8.97. The van der Waals surface area contributed by atoms with Crippen molar-refractivity contribution in [1.29, 1.82) is 0 Å². The van der Waals surface area contributed by atoms with Crippen LogP contribution in [0.25, 0.3) is 0 Å². The Balaban J connectivity index is 2.08. The number of hydrogen-bond acceptors (Lipinski definition) is 3. The van der Waals surface area contributed by atoms with Gasteiger partial charge in [-0.1, -0.05) is 6.92 Å². The zero-order valence-corrected chi connectivity index (χ0v) is 11.4. The Bertz CT molecular complexity index is 479. The predicted octanol–water partition coefficient (Wildman–Crippen LogP) is 3.45. The number of benzene rings is 1. The molecule has 19 heavy (non-hydrogen) atoms. The molecule has 0 radical (unpaired) electrons. The largest absolute Gasteiger partial charge is 0.459 e. The van der Waals surface area contributed by atoms with Gasteiger partial charge < -0.3 is 10.5 Å². The van der Waals surface area contributed by atoms with Gasteiger partial charge in [-0.2, -0.15) is 0 Å². The minimum Gasteiger partial charge on any atom is -0.459 e. The summed E-state index contributed by atoms with van der Waals surface area (Å²) in [6.07, 6.45) is 3.73. The van der Waals surface area contributed by atoms with Crippen LogP contribution in [0.4, 0.5) is 10.1 Å². The van der Waals surface area contributed by atoms with Crippen LogP contribution in [0.2, 0.25) is 0 Å². The van der Waals surface area contributed by atoms with Crippen LogP contribution >= 0.6 is 0 Å². The molecule has 2 rings (SSSR count). The van der Waals surface area contributed by atoms with Crippen LogP contribution in [0.5, 0.6) is 0 Å². The lowest BCUT2D eigenvalue weighted by molar-refractivity contribution is 0.0169. The quantitative estimate of drug-likeness (QED) is 0.658. The van der Waals surface area contributed by atoms with Crippen LogP contribution < -0.4 is 5.73 Å². The molecule has 104 valence electrons. The fourth-order valence-electron chi connectivity index (χ4n) is 2.51. The van der Waals surface area contributed by atoms with Crippen molar-refractivity contribution in [3.63, 3.8) is 0 Å².